The molecular weight excluding hydrogens is 138 g/mol. The molecular formula is C9H19NO. The van der Waals surface area contributed by atoms with Crippen LogP contribution in [-0.4, -0.2) is 36.2 Å². The Morgan fingerprint density at radius 3 is 2.82 bits per heavy atom. The maximum atomic E-state index is 8.83. The maximum absolute atomic E-state index is 8.83. The fourth-order valence-electron chi connectivity index (χ4n) is 1.69. The lowest BCUT2D eigenvalue weighted by molar-refractivity contribution is 0.188. The molecule has 66 valence electrons. The first-order valence-electron chi connectivity index (χ1n) is 4.55. The van der Waals surface area contributed by atoms with Crippen LogP contribution in [0.3, 0.4) is 0 Å². The molecule has 1 N–H and O–H groups in total. The Hall–Kier alpha value is -0.0800. The fraction of sp³-hybridized carbons (Fsp3) is 1.00. The van der Waals surface area contributed by atoms with Gasteiger partial charge in [-0.05, 0) is 24.8 Å². The van der Waals surface area contributed by atoms with Crippen LogP contribution in [0.5, 0.6) is 0 Å². The largest absolute Gasteiger partial charge is 0.396 e. The molecule has 1 fully saturated rings. The number of likely N-dealkylation sites (tertiary alicyclic amines) is 1. The molecule has 1 saturated heterocycles. The van der Waals surface area contributed by atoms with Crippen LogP contribution in [0.15, 0.2) is 0 Å². The van der Waals surface area contributed by atoms with Crippen molar-refractivity contribution in [3.05, 3.63) is 0 Å². The van der Waals surface area contributed by atoms with Gasteiger partial charge in [0.1, 0.15) is 0 Å². The van der Waals surface area contributed by atoms with Gasteiger partial charge < -0.3 is 10.0 Å². The third-order valence-corrected chi connectivity index (χ3v) is 2.39. The van der Waals surface area contributed by atoms with Crippen LogP contribution in [0.25, 0.3) is 0 Å². The Kier molecular flexibility index (Phi) is 3.34. The van der Waals surface area contributed by atoms with Crippen molar-refractivity contribution in [1.82, 2.24) is 4.90 Å². The van der Waals surface area contributed by atoms with Crippen molar-refractivity contribution in [1.29, 1.82) is 0 Å². The Labute approximate surface area is 69.2 Å². The molecule has 2 atom stereocenters. The second-order valence-corrected chi connectivity index (χ2v) is 3.94. The first-order chi connectivity index (χ1) is 5.22. The van der Waals surface area contributed by atoms with Gasteiger partial charge in [-0.2, -0.15) is 0 Å². The molecule has 0 aliphatic carbocycles. The average molecular weight is 157 g/mol. The molecule has 0 radical (unpaired) electrons. The van der Waals surface area contributed by atoms with Gasteiger partial charge >= 0.3 is 0 Å². The van der Waals surface area contributed by atoms with E-state index in [0.717, 1.165) is 12.5 Å². The molecule has 0 aromatic rings. The second kappa shape index (κ2) is 4.07. The molecule has 0 amide bonds. The van der Waals surface area contributed by atoms with Crippen molar-refractivity contribution in [2.75, 3.05) is 26.2 Å². The summed E-state index contributed by atoms with van der Waals surface area (Å²) in [6.45, 7) is 8.24. The second-order valence-electron chi connectivity index (χ2n) is 3.94. The highest BCUT2D eigenvalue weighted by molar-refractivity contribution is 4.73. The third kappa shape index (κ3) is 2.80. The smallest absolute Gasteiger partial charge is 0.0468 e. The van der Waals surface area contributed by atoms with Crippen molar-refractivity contribution in [3.63, 3.8) is 0 Å². The van der Waals surface area contributed by atoms with E-state index in [1.807, 2.05) is 0 Å². The molecule has 1 aliphatic rings. The lowest BCUT2D eigenvalue weighted by Crippen LogP contribution is -2.27. The van der Waals surface area contributed by atoms with Crippen LogP contribution in [0.1, 0.15) is 20.3 Å². The van der Waals surface area contributed by atoms with Crippen LogP contribution < -0.4 is 0 Å². The first kappa shape index (κ1) is 9.01. The molecule has 1 rings (SSSR count). The van der Waals surface area contributed by atoms with Gasteiger partial charge in [-0.1, -0.05) is 13.8 Å². The van der Waals surface area contributed by atoms with E-state index in [2.05, 4.69) is 18.7 Å². The van der Waals surface area contributed by atoms with E-state index in [9.17, 15) is 0 Å². The molecule has 11 heavy (non-hydrogen) atoms. The van der Waals surface area contributed by atoms with E-state index >= 15 is 0 Å². The van der Waals surface area contributed by atoms with Crippen molar-refractivity contribution < 1.29 is 5.11 Å². The molecule has 0 bridgehead atoms. The number of hydrogen-bond acceptors (Lipinski definition) is 2. The van der Waals surface area contributed by atoms with Gasteiger partial charge in [0.05, 0.1) is 0 Å². The lowest BCUT2D eigenvalue weighted by atomic mass is 10.2. The van der Waals surface area contributed by atoms with Gasteiger partial charge in [0, 0.05) is 19.7 Å². The summed E-state index contributed by atoms with van der Waals surface area (Å²) in [7, 11) is 0. The van der Waals surface area contributed by atoms with Crippen LogP contribution in [0.4, 0.5) is 0 Å². The Bertz CT molecular complexity index is 116. The van der Waals surface area contributed by atoms with Crippen molar-refractivity contribution >= 4 is 0 Å². The van der Waals surface area contributed by atoms with Crippen LogP contribution in [0.2, 0.25) is 0 Å². The number of aliphatic hydroxyl groups is 1. The SMILES string of the molecule is CC(CO)CN1CCC(C)C1. The predicted molar refractivity (Wildman–Crippen MR) is 46.5 cm³/mol. The molecule has 0 spiro atoms. The van der Waals surface area contributed by atoms with E-state index < -0.39 is 0 Å². The predicted octanol–water partition coefficient (Wildman–Crippen LogP) is 0.957. The van der Waals surface area contributed by atoms with Gasteiger partial charge in [-0.3, -0.25) is 0 Å². The van der Waals surface area contributed by atoms with Crippen molar-refractivity contribution in [2.45, 2.75) is 20.3 Å². The molecule has 2 unspecified atom stereocenters. The Balaban J connectivity index is 2.17. The highest BCUT2D eigenvalue weighted by Crippen LogP contribution is 2.15. The third-order valence-electron chi connectivity index (χ3n) is 2.39. The normalized spacial score (nSPS) is 29.2. The Morgan fingerprint density at radius 1 is 1.64 bits per heavy atom. The van der Waals surface area contributed by atoms with Gasteiger partial charge in [0.15, 0.2) is 0 Å². The standard InChI is InChI=1S/C9H19NO/c1-8-3-4-10(5-8)6-9(2)7-11/h8-9,11H,3-7H2,1-2H3. The summed E-state index contributed by atoms with van der Waals surface area (Å²) in [6, 6.07) is 0. The van der Waals surface area contributed by atoms with E-state index in [-0.39, 0.29) is 0 Å². The molecule has 0 saturated carbocycles. The summed E-state index contributed by atoms with van der Waals surface area (Å²) in [5.74, 6) is 1.31. The van der Waals surface area contributed by atoms with Gasteiger partial charge in [0.25, 0.3) is 0 Å². The van der Waals surface area contributed by atoms with E-state index in [1.54, 1.807) is 0 Å². The summed E-state index contributed by atoms with van der Waals surface area (Å²) >= 11 is 0. The molecule has 2 nitrogen and oxygen atoms in total. The summed E-state index contributed by atoms with van der Waals surface area (Å²) in [4.78, 5) is 2.45. The number of nitrogens with zero attached hydrogens (tertiary/aromatic N) is 1. The highest BCUT2D eigenvalue weighted by Gasteiger charge is 2.19. The van der Waals surface area contributed by atoms with Crippen molar-refractivity contribution in [3.8, 4) is 0 Å². The number of rotatable bonds is 3. The minimum atomic E-state index is 0.324. The highest BCUT2D eigenvalue weighted by atomic mass is 16.3. The van der Waals surface area contributed by atoms with Crippen molar-refractivity contribution in [2.24, 2.45) is 11.8 Å². The minimum absolute atomic E-state index is 0.324. The van der Waals surface area contributed by atoms with Gasteiger partial charge in [-0.25, -0.2) is 0 Å². The lowest BCUT2D eigenvalue weighted by Gasteiger charge is -2.18. The molecule has 1 heterocycles. The molecule has 0 aromatic heterocycles. The quantitative estimate of drug-likeness (QED) is 0.659. The summed E-state index contributed by atoms with van der Waals surface area (Å²) in [6.07, 6.45) is 1.33. The number of hydrogen-bond donors (Lipinski definition) is 1. The minimum Gasteiger partial charge on any atom is -0.396 e. The topological polar surface area (TPSA) is 23.5 Å². The average Bonchev–Trinajstić information content (AvgIpc) is 2.35. The molecule has 1 aliphatic heterocycles. The fourth-order valence-corrected chi connectivity index (χ4v) is 1.69. The van der Waals surface area contributed by atoms with E-state index in [4.69, 9.17) is 5.11 Å². The first-order valence-corrected chi connectivity index (χ1v) is 4.55. The zero-order valence-electron chi connectivity index (χ0n) is 7.58. The van der Waals surface area contributed by atoms with Crippen LogP contribution >= 0.6 is 0 Å². The summed E-state index contributed by atoms with van der Waals surface area (Å²) in [5.41, 5.74) is 0. The number of aliphatic hydroxyl groups excluding tert-OH is 1. The van der Waals surface area contributed by atoms with E-state index in [0.29, 0.717) is 12.5 Å². The van der Waals surface area contributed by atoms with Gasteiger partial charge in [-0.15, -0.1) is 0 Å². The van der Waals surface area contributed by atoms with Gasteiger partial charge in [0.2, 0.25) is 0 Å². The zero-order valence-corrected chi connectivity index (χ0v) is 7.58. The summed E-state index contributed by atoms with van der Waals surface area (Å²) < 4.78 is 0. The monoisotopic (exact) mass is 157 g/mol. The van der Waals surface area contributed by atoms with Crippen LogP contribution in [-0.2, 0) is 0 Å². The summed E-state index contributed by atoms with van der Waals surface area (Å²) in [5, 5.41) is 8.83. The molecule has 0 aromatic carbocycles. The molecule has 2 heteroatoms. The maximum Gasteiger partial charge on any atom is 0.0468 e. The van der Waals surface area contributed by atoms with E-state index in [1.165, 1.54) is 19.5 Å². The van der Waals surface area contributed by atoms with Crippen LogP contribution in [0, 0.1) is 11.8 Å². The Morgan fingerprint density at radius 2 is 2.36 bits per heavy atom. The zero-order chi connectivity index (χ0) is 8.27.